The standard InChI is InChI=1S/C26H32N4O4/c1-34-21-9-7-18(8-10-21)25(32)29-14-17-13-19(16-29)24-22(11-12-23(31)30(24)15-17)28-26(33)27-20-5-3-2-4-6-20/h7-12,17,19-20H,2-6,13-16H2,1H3,(H2,27,28,33). The minimum absolute atomic E-state index is 0.00595. The molecule has 2 N–H and O–H groups in total. The Balaban J connectivity index is 1.35. The quantitative estimate of drug-likeness (QED) is 0.724. The van der Waals surface area contributed by atoms with Gasteiger partial charge in [-0.05, 0) is 55.5 Å². The number of hydrogen-bond donors (Lipinski definition) is 2. The largest absolute Gasteiger partial charge is 0.497 e. The van der Waals surface area contributed by atoms with Crippen LogP contribution in [0.25, 0.3) is 0 Å². The van der Waals surface area contributed by atoms with E-state index in [-0.39, 0.29) is 35.4 Å². The van der Waals surface area contributed by atoms with E-state index in [2.05, 4.69) is 10.6 Å². The topological polar surface area (TPSA) is 92.7 Å². The average molecular weight is 465 g/mol. The number of likely N-dealkylation sites (tertiary alicyclic amines) is 1. The molecule has 5 rings (SSSR count). The molecule has 0 radical (unpaired) electrons. The van der Waals surface area contributed by atoms with Gasteiger partial charge in [-0.15, -0.1) is 0 Å². The third kappa shape index (κ3) is 4.54. The van der Waals surface area contributed by atoms with Gasteiger partial charge >= 0.3 is 6.03 Å². The second kappa shape index (κ2) is 9.52. The van der Waals surface area contributed by atoms with Crippen LogP contribution in [0.5, 0.6) is 5.75 Å². The normalized spacial score (nSPS) is 22.0. The molecular weight excluding hydrogens is 432 g/mol. The molecular formula is C26H32N4O4. The molecule has 3 amide bonds. The molecule has 2 aliphatic heterocycles. The van der Waals surface area contributed by atoms with Gasteiger partial charge in [0.1, 0.15) is 5.75 Å². The summed E-state index contributed by atoms with van der Waals surface area (Å²) in [5.74, 6) is 0.891. The summed E-state index contributed by atoms with van der Waals surface area (Å²) in [6.07, 6.45) is 6.42. The van der Waals surface area contributed by atoms with Gasteiger partial charge in [-0.25, -0.2) is 4.79 Å². The van der Waals surface area contributed by atoms with Crippen LogP contribution in [0.1, 0.15) is 60.5 Å². The number of pyridine rings is 1. The van der Waals surface area contributed by atoms with Crippen LogP contribution in [-0.2, 0) is 6.54 Å². The number of benzene rings is 1. The van der Waals surface area contributed by atoms with Crippen molar-refractivity contribution in [2.45, 2.75) is 57.0 Å². The van der Waals surface area contributed by atoms with Crippen LogP contribution >= 0.6 is 0 Å². The number of methoxy groups -OCH3 is 1. The number of aromatic nitrogens is 1. The summed E-state index contributed by atoms with van der Waals surface area (Å²) in [7, 11) is 1.60. The van der Waals surface area contributed by atoms with E-state index in [1.54, 1.807) is 42.0 Å². The summed E-state index contributed by atoms with van der Waals surface area (Å²) in [6.45, 7) is 1.69. The summed E-state index contributed by atoms with van der Waals surface area (Å²) in [4.78, 5) is 40.6. The zero-order valence-corrected chi connectivity index (χ0v) is 19.6. The molecule has 2 atom stereocenters. The molecule has 34 heavy (non-hydrogen) atoms. The summed E-state index contributed by atoms with van der Waals surface area (Å²) in [5, 5.41) is 6.10. The minimum Gasteiger partial charge on any atom is -0.497 e. The fourth-order valence-corrected chi connectivity index (χ4v) is 5.79. The number of nitrogens with zero attached hydrogens (tertiary/aromatic N) is 2. The number of urea groups is 1. The first-order chi connectivity index (χ1) is 16.5. The first-order valence-corrected chi connectivity index (χ1v) is 12.3. The van der Waals surface area contributed by atoms with Crippen LogP contribution in [0.4, 0.5) is 10.5 Å². The third-order valence-corrected chi connectivity index (χ3v) is 7.40. The maximum atomic E-state index is 13.2. The Labute approximate surface area is 199 Å². The number of nitrogens with one attached hydrogen (secondary N) is 2. The number of ether oxygens (including phenoxy) is 1. The van der Waals surface area contributed by atoms with Crippen LogP contribution in [0, 0.1) is 5.92 Å². The molecule has 1 aromatic carbocycles. The van der Waals surface area contributed by atoms with E-state index in [1.165, 1.54) is 12.5 Å². The average Bonchev–Trinajstić information content (AvgIpc) is 2.86. The van der Waals surface area contributed by atoms with Crippen molar-refractivity contribution in [1.82, 2.24) is 14.8 Å². The third-order valence-electron chi connectivity index (χ3n) is 7.40. The molecule has 1 saturated carbocycles. The molecule has 2 unspecified atom stereocenters. The van der Waals surface area contributed by atoms with E-state index in [0.29, 0.717) is 36.6 Å². The second-order valence-electron chi connectivity index (χ2n) is 9.75. The molecule has 2 fully saturated rings. The molecule has 180 valence electrons. The van der Waals surface area contributed by atoms with Gasteiger partial charge < -0.3 is 24.8 Å². The Bertz CT molecular complexity index is 1120. The lowest BCUT2D eigenvalue weighted by atomic mass is 9.82. The SMILES string of the molecule is COc1ccc(C(=O)N2CC3CC(C2)c2c(NC(=O)NC4CCCCC4)ccc(=O)n2C3)cc1. The first kappa shape index (κ1) is 22.5. The monoisotopic (exact) mass is 464 g/mol. The van der Waals surface area contributed by atoms with Crippen molar-refractivity contribution in [1.29, 1.82) is 0 Å². The van der Waals surface area contributed by atoms with Crippen molar-refractivity contribution >= 4 is 17.6 Å². The van der Waals surface area contributed by atoms with Crippen molar-refractivity contribution < 1.29 is 14.3 Å². The van der Waals surface area contributed by atoms with Crippen molar-refractivity contribution in [3.8, 4) is 5.75 Å². The van der Waals surface area contributed by atoms with Crippen molar-refractivity contribution in [3.05, 3.63) is 58.0 Å². The minimum atomic E-state index is -0.225. The highest BCUT2D eigenvalue weighted by atomic mass is 16.5. The van der Waals surface area contributed by atoms with Gasteiger partial charge in [0.2, 0.25) is 0 Å². The molecule has 3 aliphatic rings. The molecule has 1 saturated heterocycles. The lowest BCUT2D eigenvalue weighted by molar-refractivity contribution is 0.0595. The predicted molar refractivity (Wildman–Crippen MR) is 129 cm³/mol. The van der Waals surface area contributed by atoms with E-state index in [4.69, 9.17) is 4.74 Å². The van der Waals surface area contributed by atoms with Gasteiger partial charge in [-0.3, -0.25) is 9.59 Å². The highest BCUT2D eigenvalue weighted by Crippen LogP contribution is 2.39. The van der Waals surface area contributed by atoms with E-state index >= 15 is 0 Å². The molecule has 8 heteroatoms. The summed E-state index contributed by atoms with van der Waals surface area (Å²) < 4.78 is 7.00. The van der Waals surface area contributed by atoms with Gasteiger partial charge in [0.15, 0.2) is 0 Å². The molecule has 8 nitrogen and oxygen atoms in total. The van der Waals surface area contributed by atoms with Crippen LogP contribution in [0.15, 0.2) is 41.2 Å². The van der Waals surface area contributed by atoms with Gasteiger partial charge in [0, 0.05) is 48.9 Å². The molecule has 2 bridgehead atoms. The predicted octanol–water partition coefficient (Wildman–Crippen LogP) is 3.57. The Kier molecular flexibility index (Phi) is 6.30. The number of carbonyl (C=O) groups is 2. The van der Waals surface area contributed by atoms with Crippen LogP contribution < -0.4 is 20.9 Å². The van der Waals surface area contributed by atoms with Gasteiger partial charge in [-0.2, -0.15) is 0 Å². The summed E-state index contributed by atoms with van der Waals surface area (Å²) in [5.41, 5.74) is 2.05. The van der Waals surface area contributed by atoms with Crippen LogP contribution in [0.3, 0.4) is 0 Å². The lowest BCUT2D eigenvalue weighted by Gasteiger charge is -2.43. The van der Waals surface area contributed by atoms with Gasteiger partial charge in [-0.1, -0.05) is 19.3 Å². The van der Waals surface area contributed by atoms with Crippen molar-refractivity contribution in [2.24, 2.45) is 5.92 Å². The van der Waals surface area contributed by atoms with E-state index in [0.717, 1.165) is 37.8 Å². The van der Waals surface area contributed by atoms with Crippen molar-refractivity contribution in [3.63, 3.8) is 0 Å². The van der Waals surface area contributed by atoms with E-state index < -0.39 is 0 Å². The zero-order chi connectivity index (χ0) is 23.7. The zero-order valence-electron chi connectivity index (χ0n) is 19.6. The Morgan fingerprint density at radius 2 is 1.74 bits per heavy atom. The van der Waals surface area contributed by atoms with Crippen molar-refractivity contribution in [2.75, 3.05) is 25.5 Å². The molecule has 1 aromatic heterocycles. The molecule has 3 heterocycles. The Morgan fingerprint density at radius 1 is 0.971 bits per heavy atom. The molecule has 2 aromatic rings. The Morgan fingerprint density at radius 3 is 2.47 bits per heavy atom. The number of rotatable bonds is 4. The number of fused-ring (bicyclic) bond motifs is 4. The lowest BCUT2D eigenvalue weighted by Crippen LogP contribution is -2.49. The maximum Gasteiger partial charge on any atom is 0.319 e. The van der Waals surface area contributed by atoms with E-state index in [1.807, 2.05) is 4.90 Å². The van der Waals surface area contributed by atoms with Crippen LogP contribution in [0.2, 0.25) is 0 Å². The highest BCUT2D eigenvalue weighted by molar-refractivity contribution is 5.94. The Hall–Kier alpha value is -3.29. The maximum absolute atomic E-state index is 13.2. The number of anilines is 1. The molecule has 0 spiro atoms. The first-order valence-electron chi connectivity index (χ1n) is 12.3. The number of hydrogen-bond acceptors (Lipinski definition) is 4. The van der Waals surface area contributed by atoms with Gasteiger partial charge in [0.05, 0.1) is 12.8 Å². The number of carbonyl (C=O) groups excluding carboxylic acids is 2. The fraction of sp³-hybridized carbons (Fsp3) is 0.500. The number of piperidine rings is 1. The second-order valence-corrected chi connectivity index (χ2v) is 9.75. The number of amides is 3. The highest BCUT2D eigenvalue weighted by Gasteiger charge is 2.38. The smallest absolute Gasteiger partial charge is 0.319 e. The fourth-order valence-electron chi connectivity index (χ4n) is 5.79. The van der Waals surface area contributed by atoms with Crippen LogP contribution in [-0.4, -0.2) is 47.6 Å². The van der Waals surface area contributed by atoms with E-state index in [9.17, 15) is 14.4 Å². The van der Waals surface area contributed by atoms with Gasteiger partial charge in [0.25, 0.3) is 11.5 Å². The summed E-state index contributed by atoms with van der Waals surface area (Å²) in [6, 6.07) is 10.4. The summed E-state index contributed by atoms with van der Waals surface area (Å²) >= 11 is 0. The molecule has 1 aliphatic carbocycles.